The van der Waals surface area contributed by atoms with E-state index in [1.165, 1.54) is 0 Å². The summed E-state index contributed by atoms with van der Waals surface area (Å²) < 4.78 is 0. The van der Waals surface area contributed by atoms with Gasteiger partial charge in [0.15, 0.2) is 0 Å². The minimum absolute atomic E-state index is 0.0564. The van der Waals surface area contributed by atoms with Crippen LogP contribution in [0.1, 0.15) is 41.9 Å². The monoisotopic (exact) mass is 259 g/mol. The number of aryl methyl sites for hydroxylation is 1. The van der Waals surface area contributed by atoms with Gasteiger partial charge < -0.3 is 4.90 Å². The van der Waals surface area contributed by atoms with Gasteiger partial charge in [0, 0.05) is 25.9 Å². The Morgan fingerprint density at radius 2 is 2.11 bits per heavy atom. The molecule has 2 aromatic rings. The number of hydrogen-bond acceptors (Lipinski definition) is 4. The molecule has 2 rings (SSSR count). The summed E-state index contributed by atoms with van der Waals surface area (Å²) in [6.45, 7) is 3.92. The van der Waals surface area contributed by atoms with Gasteiger partial charge in [-0.3, -0.25) is 14.9 Å². The third-order valence-corrected chi connectivity index (χ3v) is 3.15. The van der Waals surface area contributed by atoms with Gasteiger partial charge in [-0.2, -0.15) is 0 Å². The van der Waals surface area contributed by atoms with Gasteiger partial charge in [0.2, 0.25) is 5.82 Å². The Morgan fingerprint density at radius 1 is 1.42 bits per heavy atom. The van der Waals surface area contributed by atoms with Gasteiger partial charge in [-0.1, -0.05) is 6.92 Å². The number of rotatable bonds is 4. The van der Waals surface area contributed by atoms with Crippen LogP contribution in [-0.4, -0.2) is 38.0 Å². The predicted molar refractivity (Wildman–Crippen MR) is 70.5 cm³/mol. The fourth-order valence-corrected chi connectivity index (χ4v) is 1.75. The molecule has 1 amide bonds. The number of H-pyrrole nitrogens is 1. The molecule has 19 heavy (non-hydrogen) atoms. The zero-order valence-electron chi connectivity index (χ0n) is 11.3. The molecule has 0 fully saturated rings. The van der Waals surface area contributed by atoms with Crippen molar-refractivity contribution in [3.8, 4) is 0 Å². The maximum Gasteiger partial charge on any atom is 0.293 e. The van der Waals surface area contributed by atoms with Crippen molar-refractivity contribution in [2.24, 2.45) is 0 Å². The number of nitrogens with one attached hydrogen (secondary N) is 1. The highest BCUT2D eigenvalue weighted by atomic mass is 16.2. The summed E-state index contributed by atoms with van der Waals surface area (Å²) in [4.78, 5) is 22.0. The molecule has 0 aliphatic rings. The Hall–Kier alpha value is -2.24. The number of aromatic nitrogens is 4. The molecule has 6 nitrogen and oxygen atoms in total. The number of carbonyl (C=O) groups is 1. The van der Waals surface area contributed by atoms with Crippen molar-refractivity contribution < 1.29 is 4.79 Å². The van der Waals surface area contributed by atoms with E-state index in [2.05, 4.69) is 20.2 Å². The second kappa shape index (κ2) is 5.60. The zero-order chi connectivity index (χ0) is 13.8. The first-order valence-electron chi connectivity index (χ1n) is 6.21. The maximum atomic E-state index is 12.3. The van der Waals surface area contributed by atoms with Crippen LogP contribution in [0.3, 0.4) is 0 Å². The summed E-state index contributed by atoms with van der Waals surface area (Å²) in [5.41, 5.74) is 1.03. The minimum atomic E-state index is -0.194. The van der Waals surface area contributed by atoms with Gasteiger partial charge in [0.05, 0.1) is 6.04 Å². The second-order valence-electron chi connectivity index (χ2n) is 4.33. The Balaban J connectivity index is 2.15. The molecule has 0 aromatic carbocycles. The third-order valence-electron chi connectivity index (χ3n) is 3.15. The van der Waals surface area contributed by atoms with Crippen LogP contribution in [0.15, 0.2) is 24.5 Å². The van der Waals surface area contributed by atoms with Crippen molar-refractivity contribution in [1.29, 1.82) is 0 Å². The minimum Gasteiger partial charge on any atom is -0.332 e. The predicted octanol–water partition coefficient (Wildman–Crippen LogP) is 1.60. The first kappa shape index (κ1) is 13.2. The normalized spacial score (nSPS) is 12.2. The lowest BCUT2D eigenvalue weighted by Crippen LogP contribution is -2.30. The molecule has 2 heterocycles. The first-order valence-corrected chi connectivity index (χ1v) is 6.21. The highest BCUT2D eigenvalue weighted by Crippen LogP contribution is 2.18. The van der Waals surface area contributed by atoms with Crippen LogP contribution in [-0.2, 0) is 6.42 Å². The average Bonchev–Trinajstić information content (AvgIpc) is 2.94. The number of pyridine rings is 1. The van der Waals surface area contributed by atoms with Gasteiger partial charge in [-0.15, -0.1) is 5.10 Å². The van der Waals surface area contributed by atoms with E-state index in [1.807, 2.05) is 26.0 Å². The summed E-state index contributed by atoms with van der Waals surface area (Å²) in [5, 5.41) is 6.70. The lowest BCUT2D eigenvalue weighted by Gasteiger charge is -2.23. The van der Waals surface area contributed by atoms with Crippen LogP contribution in [0.2, 0.25) is 0 Å². The van der Waals surface area contributed by atoms with Gasteiger partial charge >= 0.3 is 0 Å². The van der Waals surface area contributed by atoms with Gasteiger partial charge in [-0.25, -0.2) is 4.98 Å². The molecule has 0 bridgehead atoms. The molecule has 6 heteroatoms. The van der Waals surface area contributed by atoms with E-state index < -0.39 is 0 Å². The molecule has 100 valence electrons. The highest BCUT2D eigenvalue weighted by molar-refractivity contribution is 5.90. The Bertz CT molecular complexity index is 551. The Labute approximate surface area is 111 Å². The Kier molecular flexibility index (Phi) is 3.89. The fourth-order valence-electron chi connectivity index (χ4n) is 1.75. The molecule has 0 radical (unpaired) electrons. The largest absolute Gasteiger partial charge is 0.332 e. The number of carbonyl (C=O) groups excluding carboxylic acids is 1. The van der Waals surface area contributed by atoms with Gasteiger partial charge in [0.1, 0.15) is 5.82 Å². The van der Waals surface area contributed by atoms with Crippen molar-refractivity contribution in [1.82, 2.24) is 25.1 Å². The molecular formula is C13H17N5O. The van der Waals surface area contributed by atoms with Crippen molar-refractivity contribution in [3.05, 3.63) is 41.7 Å². The smallest absolute Gasteiger partial charge is 0.293 e. The lowest BCUT2D eigenvalue weighted by molar-refractivity contribution is 0.0730. The van der Waals surface area contributed by atoms with E-state index in [1.54, 1.807) is 24.3 Å². The zero-order valence-corrected chi connectivity index (χ0v) is 11.3. The van der Waals surface area contributed by atoms with Crippen molar-refractivity contribution in [3.63, 3.8) is 0 Å². The van der Waals surface area contributed by atoms with E-state index in [-0.39, 0.29) is 17.8 Å². The van der Waals surface area contributed by atoms with Gasteiger partial charge in [0.25, 0.3) is 5.91 Å². The second-order valence-corrected chi connectivity index (χ2v) is 4.33. The number of nitrogens with zero attached hydrogens (tertiary/aromatic N) is 4. The third kappa shape index (κ3) is 2.78. The summed E-state index contributed by atoms with van der Waals surface area (Å²) in [6.07, 6.45) is 4.15. The molecule has 0 aliphatic carbocycles. The van der Waals surface area contributed by atoms with Crippen molar-refractivity contribution in [2.45, 2.75) is 26.3 Å². The van der Waals surface area contributed by atoms with E-state index in [0.717, 1.165) is 12.0 Å². The van der Waals surface area contributed by atoms with Crippen LogP contribution >= 0.6 is 0 Å². The summed E-state index contributed by atoms with van der Waals surface area (Å²) in [7, 11) is 1.75. The lowest BCUT2D eigenvalue weighted by atomic mass is 10.1. The summed E-state index contributed by atoms with van der Waals surface area (Å²) in [6, 6.07) is 3.73. The fraction of sp³-hybridized carbons (Fsp3) is 0.385. The standard InChI is InChI=1S/C13H17N5O/c1-4-11-15-12(17-16-11)13(19)18(3)9(2)10-5-7-14-8-6-10/h5-9H,4H2,1-3H3,(H,15,16,17). The topological polar surface area (TPSA) is 74.8 Å². The number of amides is 1. The highest BCUT2D eigenvalue weighted by Gasteiger charge is 2.22. The van der Waals surface area contributed by atoms with Crippen LogP contribution < -0.4 is 0 Å². The van der Waals surface area contributed by atoms with Crippen LogP contribution in [0.25, 0.3) is 0 Å². The molecule has 0 saturated carbocycles. The number of aromatic amines is 1. The number of hydrogen-bond donors (Lipinski definition) is 1. The van der Waals surface area contributed by atoms with E-state index in [4.69, 9.17) is 0 Å². The van der Waals surface area contributed by atoms with Crippen LogP contribution in [0, 0.1) is 0 Å². The van der Waals surface area contributed by atoms with E-state index >= 15 is 0 Å². The summed E-state index contributed by atoms with van der Waals surface area (Å²) >= 11 is 0. The molecule has 1 N–H and O–H groups in total. The quantitative estimate of drug-likeness (QED) is 0.904. The van der Waals surface area contributed by atoms with Crippen LogP contribution in [0.4, 0.5) is 0 Å². The maximum absolute atomic E-state index is 12.3. The summed E-state index contributed by atoms with van der Waals surface area (Å²) in [5.74, 6) is 0.730. The van der Waals surface area contributed by atoms with E-state index in [0.29, 0.717) is 5.82 Å². The Morgan fingerprint density at radius 3 is 2.68 bits per heavy atom. The van der Waals surface area contributed by atoms with Crippen molar-refractivity contribution >= 4 is 5.91 Å². The van der Waals surface area contributed by atoms with Gasteiger partial charge in [-0.05, 0) is 24.6 Å². The molecule has 1 atom stereocenters. The van der Waals surface area contributed by atoms with E-state index in [9.17, 15) is 4.79 Å². The first-order chi connectivity index (χ1) is 9.13. The average molecular weight is 259 g/mol. The molecule has 2 aromatic heterocycles. The van der Waals surface area contributed by atoms with Crippen LogP contribution in [0.5, 0.6) is 0 Å². The molecular weight excluding hydrogens is 242 g/mol. The molecule has 0 saturated heterocycles. The SMILES string of the molecule is CCc1nc(C(=O)N(C)C(C)c2ccncc2)n[nH]1. The molecule has 0 spiro atoms. The molecule has 1 unspecified atom stereocenters. The van der Waals surface area contributed by atoms with Crippen molar-refractivity contribution in [2.75, 3.05) is 7.05 Å². The molecule has 0 aliphatic heterocycles.